The van der Waals surface area contributed by atoms with Crippen LogP contribution in [0.1, 0.15) is 57.4 Å². The first-order valence-corrected chi connectivity index (χ1v) is 14.4. The molecule has 2 aliphatic rings. The molecule has 1 aromatic carbocycles. The number of nitrogens with one attached hydrogen (secondary N) is 2. The highest BCUT2D eigenvalue weighted by molar-refractivity contribution is 7.89. The van der Waals surface area contributed by atoms with Gasteiger partial charge in [0, 0.05) is 28.9 Å². The van der Waals surface area contributed by atoms with E-state index in [9.17, 15) is 18.0 Å². The van der Waals surface area contributed by atoms with Crippen molar-refractivity contribution in [1.82, 2.24) is 9.71 Å². The zero-order valence-electron chi connectivity index (χ0n) is 21.0. The number of sulfonamides is 1. The molecule has 2 aromatic rings. The van der Waals surface area contributed by atoms with Gasteiger partial charge < -0.3 is 19.9 Å². The third kappa shape index (κ3) is 7.18. The van der Waals surface area contributed by atoms with E-state index in [0.29, 0.717) is 42.2 Å². The molecule has 1 aliphatic carbocycles. The molecule has 0 spiro atoms. The molecule has 1 aromatic heterocycles. The van der Waals surface area contributed by atoms with Crippen LogP contribution in [0.15, 0.2) is 29.3 Å². The van der Waals surface area contributed by atoms with Crippen molar-refractivity contribution in [3.63, 3.8) is 0 Å². The molecular weight excluding hydrogens is 520 g/mol. The summed E-state index contributed by atoms with van der Waals surface area (Å²) in [4.78, 5) is 28.6. The van der Waals surface area contributed by atoms with Crippen molar-refractivity contribution in [3.05, 3.63) is 29.4 Å². The van der Waals surface area contributed by atoms with Crippen molar-refractivity contribution in [2.45, 2.75) is 75.0 Å². The number of carbonyl (C=O) groups is 2. The molecular formula is C24H32N4O7S2. The van der Waals surface area contributed by atoms with Crippen LogP contribution in [0.5, 0.6) is 0 Å². The predicted octanol–water partition coefficient (Wildman–Crippen LogP) is 3.96. The normalized spacial score (nSPS) is 20.6. The topological polar surface area (TPSA) is 159 Å². The van der Waals surface area contributed by atoms with E-state index < -0.39 is 27.7 Å². The quantitative estimate of drug-likeness (QED) is 0.465. The Bertz CT molecular complexity index is 1240. The Balaban J connectivity index is 1.58. The number of anilines is 1. The molecule has 202 valence electrons. The maximum Gasteiger partial charge on any atom is 0.412 e. The van der Waals surface area contributed by atoms with Crippen LogP contribution >= 0.6 is 11.3 Å². The molecule has 37 heavy (non-hydrogen) atoms. The zero-order chi connectivity index (χ0) is 26.8. The summed E-state index contributed by atoms with van der Waals surface area (Å²) >= 11 is 1.43. The van der Waals surface area contributed by atoms with Crippen LogP contribution in [-0.2, 0) is 24.2 Å². The Morgan fingerprint density at radius 2 is 1.81 bits per heavy atom. The van der Waals surface area contributed by atoms with E-state index in [1.165, 1.54) is 17.4 Å². The van der Waals surface area contributed by atoms with E-state index in [-0.39, 0.29) is 23.0 Å². The number of benzene rings is 1. The van der Waals surface area contributed by atoms with Gasteiger partial charge in [-0.1, -0.05) is 6.07 Å². The number of thiazole rings is 1. The van der Waals surface area contributed by atoms with Crippen molar-refractivity contribution < 1.29 is 32.2 Å². The van der Waals surface area contributed by atoms with Gasteiger partial charge in [-0.25, -0.2) is 27.7 Å². The molecule has 2 fully saturated rings. The monoisotopic (exact) mass is 552 g/mol. The fourth-order valence-electron chi connectivity index (χ4n) is 4.26. The first kappa shape index (κ1) is 27.3. The van der Waals surface area contributed by atoms with E-state index in [1.54, 1.807) is 39.1 Å². The Hall–Kier alpha value is -2.74. The van der Waals surface area contributed by atoms with Gasteiger partial charge in [-0.15, -0.1) is 11.3 Å². The van der Waals surface area contributed by atoms with Gasteiger partial charge in [-0.3, -0.25) is 5.32 Å². The lowest BCUT2D eigenvalue weighted by Crippen LogP contribution is -2.40. The lowest BCUT2D eigenvalue weighted by Gasteiger charge is -2.26. The Kier molecular flexibility index (Phi) is 8.07. The second-order valence-corrected chi connectivity index (χ2v) is 12.9. The van der Waals surface area contributed by atoms with Crippen LogP contribution in [0, 0.1) is 0 Å². The second-order valence-electron chi connectivity index (χ2n) is 10.2. The maximum atomic E-state index is 13.4. The highest BCUT2D eigenvalue weighted by atomic mass is 32.2. The molecule has 0 atom stereocenters. The largest absolute Gasteiger partial charge is 0.446 e. The van der Waals surface area contributed by atoms with Crippen LogP contribution in [0.3, 0.4) is 0 Å². The minimum atomic E-state index is -3.95. The zero-order valence-corrected chi connectivity index (χ0v) is 22.6. The number of primary amides is 1. The minimum absolute atomic E-state index is 0.0287. The fraction of sp³-hybridized carbons (Fsp3) is 0.542. The smallest absolute Gasteiger partial charge is 0.412 e. The summed E-state index contributed by atoms with van der Waals surface area (Å²) in [5.41, 5.74) is 5.19. The van der Waals surface area contributed by atoms with E-state index >= 15 is 0 Å². The fourth-order valence-corrected chi connectivity index (χ4v) is 7.11. The number of ether oxygens (including phenoxy) is 3. The number of amides is 2. The molecule has 1 saturated carbocycles. The summed E-state index contributed by atoms with van der Waals surface area (Å²) < 4.78 is 44.8. The number of carbonyl (C=O) groups excluding carboxylic acids is 2. The maximum absolute atomic E-state index is 13.4. The van der Waals surface area contributed by atoms with Gasteiger partial charge in [0.05, 0.1) is 28.0 Å². The lowest BCUT2D eigenvalue weighted by molar-refractivity contribution is -0.0951. The standard InChI is InChI=1S/C24H32N4O7S2/c1-24(2,3)28-37(31,32)20-10-15(27-23(30)35-17-12-33-13-17)6-9-18(20)19-11-26-21(36-19)14-4-7-16(8-5-14)34-22(25)29/h6,9-11,14,16-17,28H,4-5,7-8,12-13H2,1-3H3,(H2,25,29)(H,27,30). The number of hydrogen-bond donors (Lipinski definition) is 3. The number of rotatable bonds is 7. The SMILES string of the molecule is CC(C)(C)NS(=O)(=O)c1cc(NC(=O)OC2COC2)ccc1-c1cnc(C2CCC(OC(N)=O)CC2)s1. The number of aromatic nitrogens is 1. The summed E-state index contributed by atoms with van der Waals surface area (Å²) in [6.45, 7) is 5.96. The number of hydrogen-bond acceptors (Lipinski definition) is 9. The minimum Gasteiger partial charge on any atom is -0.446 e. The lowest BCUT2D eigenvalue weighted by atomic mass is 9.88. The number of nitrogens with zero attached hydrogens (tertiary/aromatic N) is 1. The molecule has 2 heterocycles. The molecule has 4 N–H and O–H groups in total. The van der Waals surface area contributed by atoms with E-state index in [4.69, 9.17) is 19.9 Å². The summed E-state index contributed by atoms with van der Waals surface area (Å²) in [7, 11) is -3.95. The Labute approximate surface area is 220 Å². The molecule has 0 unspecified atom stereocenters. The van der Waals surface area contributed by atoms with Gasteiger partial charge in [0.25, 0.3) is 0 Å². The third-order valence-electron chi connectivity index (χ3n) is 5.93. The van der Waals surface area contributed by atoms with E-state index in [2.05, 4.69) is 15.0 Å². The van der Waals surface area contributed by atoms with Gasteiger partial charge in [0.2, 0.25) is 10.0 Å². The van der Waals surface area contributed by atoms with Crippen LogP contribution in [-0.4, -0.2) is 56.5 Å². The highest BCUT2D eigenvalue weighted by Crippen LogP contribution is 2.40. The van der Waals surface area contributed by atoms with Crippen LogP contribution < -0.4 is 15.8 Å². The Morgan fingerprint density at radius 1 is 1.11 bits per heavy atom. The average Bonchev–Trinajstić information content (AvgIpc) is 3.25. The van der Waals surface area contributed by atoms with Crippen molar-refractivity contribution in [1.29, 1.82) is 0 Å². The van der Waals surface area contributed by atoms with Crippen LogP contribution in [0.25, 0.3) is 10.4 Å². The summed E-state index contributed by atoms with van der Waals surface area (Å²) in [5, 5.41) is 3.50. The van der Waals surface area contributed by atoms with E-state index in [0.717, 1.165) is 17.8 Å². The summed E-state index contributed by atoms with van der Waals surface area (Å²) in [6, 6.07) is 4.72. The predicted molar refractivity (Wildman–Crippen MR) is 138 cm³/mol. The molecule has 2 amide bonds. The molecule has 0 bridgehead atoms. The van der Waals surface area contributed by atoms with Crippen molar-refractivity contribution >= 4 is 39.2 Å². The summed E-state index contributed by atoms with van der Waals surface area (Å²) in [5.74, 6) is 0.186. The molecule has 13 heteroatoms. The van der Waals surface area contributed by atoms with Gasteiger partial charge in [-0.05, 0) is 58.6 Å². The third-order valence-corrected chi connectivity index (χ3v) is 8.93. The van der Waals surface area contributed by atoms with Crippen molar-refractivity contribution in [2.24, 2.45) is 5.73 Å². The van der Waals surface area contributed by atoms with Gasteiger partial charge in [0.1, 0.15) is 6.10 Å². The van der Waals surface area contributed by atoms with Crippen LogP contribution in [0.2, 0.25) is 0 Å². The van der Waals surface area contributed by atoms with Gasteiger partial charge in [0.15, 0.2) is 6.10 Å². The second kappa shape index (κ2) is 10.9. The van der Waals surface area contributed by atoms with Gasteiger partial charge >= 0.3 is 12.2 Å². The van der Waals surface area contributed by atoms with Crippen LogP contribution in [0.4, 0.5) is 15.3 Å². The Morgan fingerprint density at radius 3 is 2.41 bits per heavy atom. The molecule has 1 aliphatic heterocycles. The molecule has 0 radical (unpaired) electrons. The first-order chi connectivity index (χ1) is 17.4. The van der Waals surface area contributed by atoms with Crippen molar-refractivity contribution in [2.75, 3.05) is 18.5 Å². The highest BCUT2D eigenvalue weighted by Gasteiger charge is 2.29. The molecule has 11 nitrogen and oxygen atoms in total. The average molecular weight is 553 g/mol. The van der Waals surface area contributed by atoms with Gasteiger partial charge in [-0.2, -0.15) is 0 Å². The van der Waals surface area contributed by atoms with Crippen molar-refractivity contribution in [3.8, 4) is 10.4 Å². The van der Waals surface area contributed by atoms with E-state index in [1.807, 2.05) is 0 Å². The summed E-state index contributed by atoms with van der Waals surface area (Å²) in [6.07, 6.45) is 2.72. The first-order valence-electron chi connectivity index (χ1n) is 12.1. The molecule has 4 rings (SSSR count). The molecule has 1 saturated heterocycles. The number of nitrogens with two attached hydrogens (primary N) is 1.